The van der Waals surface area contributed by atoms with Crippen molar-refractivity contribution in [2.45, 2.75) is 25.0 Å². The minimum Gasteiger partial charge on any atom is -0.359 e. The van der Waals surface area contributed by atoms with Gasteiger partial charge in [0.2, 0.25) is 11.8 Å². The predicted octanol–water partition coefficient (Wildman–Crippen LogP) is 2.51. The van der Waals surface area contributed by atoms with E-state index in [1.54, 1.807) is 6.07 Å². The van der Waals surface area contributed by atoms with Crippen LogP contribution in [0.2, 0.25) is 0 Å². The van der Waals surface area contributed by atoms with Gasteiger partial charge in [-0.2, -0.15) is 0 Å². The van der Waals surface area contributed by atoms with E-state index in [0.29, 0.717) is 5.69 Å². The summed E-state index contributed by atoms with van der Waals surface area (Å²) in [5.41, 5.74) is -0.677. The Morgan fingerprint density at radius 1 is 1.10 bits per heavy atom. The lowest BCUT2D eigenvalue weighted by atomic mass is 9.73. The number of hydrogen-bond donors (Lipinski definition) is 0. The van der Waals surface area contributed by atoms with Gasteiger partial charge >= 0.3 is 0 Å². The fraction of sp³-hybridized carbons (Fsp3) is 0.375. The molecule has 2 amide bonds. The van der Waals surface area contributed by atoms with Gasteiger partial charge in [-0.3, -0.25) is 9.59 Å². The molecule has 21 heavy (non-hydrogen) atoms. The van der Waals surface area contributed by atoms with E-state index in [2.05, 4.69) is 22.6 Å². The van der Waals surface area contributed by atoms with Gasteiger partial charge in [0.1, 0.15) is 0 Å². The number of hydrogen-bond acceptors (Lipinski definition) is 3. The number of imide groups is 1. The maximum Gasteiger partial charge on any atom is 0.241 e. The van der Waals surface area contributed by atoms with E-state index in [-0.39, 0.29) is 11.8 Å². The van der Waals surface area contributed by atoms with Gasteiger partial charge in [-0.15, -0.1) is 0 Å². The Kier molecular flexibility index (Phi) is 2.53. The second-order valence-corrected chi connectivity index (χ2v) is 7.50. The van der Waals surface area contributed by atoms with Crippen LogP contribution >= 0.6 is 22.6 Å². The smallest absolute Gasteiger partial charge is 0.241 e. The third-order valence-corrected chi connectivity index (χ3v) is 5.46. The van der Waals surface area contributed by atoms with Crippen molar-refractivity contribution in [3.63, 3.8) is 0 Å². The third-order valence-electron chi connectivity index (χ3n) is 4.79. The first-order chi connectivity index (χ1) is 9.86. The van der Waals surface area contributed by atoms with Gasteiger partial charge in [-0.1, -0.05) is 18.2 Å². The van der Waals surface area contributed by atoms with Gasteiger partial charge in [0, 0.05) is 3.57 Å². The topological polar surface area (TPSA) is 46.6 Å². The summed E-state index contributed by atoms with van der Waals surface area (Å²) in [5, 5.41) is 0. The summed E-state index contributed by atoms with van der Waals surface area (Å²) in [5.74, 6) is -1.14. The van der Waals surface area contributed by atoms with Gasteiger partial charge < -0.3 is 4.74 Å². The van der Waals surface area contributed by atoms with Crippen molar-refractivity contribution in [1.29, 1.82) is 0 Å². The van der Waals surface area contributed by atoms with Crippen LogP contribution in [0.15, 0.2) is 36.4 Å². The highest BCUT2D eigenvalue weighted by molar-refractivity contribution is 14.1. The second kappa shape index (κ2) is 3.95. The summed E-state index contributed by atoms with van der Waals surface area (Å²) in [7, 11) is 0. The Balaban J connectivity index is 1.82. The fourth-order valence-corrected chi connectivity index (χ4v) is 4.43. The van der Waals surface area contributed by atoms with E-state index in [0.717, 1.165) is 3.57 Å². The highest BCUT2D eigenvalue weighted by atomic mass is 127. The summed E-state index contributed by atoms with van der Waals surface area (Å²) in [6, 6.07) is 7.46. The van der Waals surface area contributed by atoms with Gasteiger partial charge in [0.05, 0.1) is 28.7 Å². The van der Waals surface area contributed by atoms with Crippen LogP contribution in [-0.4, -0.2) is 23.0 Å². The Hall–Kier alpha value is -1.21. The SMILES string of the molecule is C[C@]12C=C[C@](C)(O1)[C@H]1C(=O)N(c3cccc(I)c3)C(=O)[C@@H]12. The molecule has 1 aromatic carbocycles. The number of carbonyl (C=O) groups is 2. The minimum absolute atomic E-state index is 0.150. The molecule has 2 bridgehead atoms. The zero-order valence-corrected chi connectivity index (χ0v) is 13.8. The normalized spacial score (nSPS) is 40.2. The zero-order chi connectivity index (χ0) is 15.0. The van der Waals surface area contributed by atoms with Crippen LogP contribution in [0.1, 0.15) is 13.8 Å². The standard InChI is InChI=1S/C16H14INO3/c1-15-6-7-16(2,21-15)12-11(15)13(19)18(14(12)20)10-5-3-4-9(17)8-10/h3-8,11-12H,1-2H3/t11-,12-,15-,16+/m1/s1. The van der Waals surface area contributed by atoms with Crippen molar-refractivity contribution in [2.75, 3.05) is 4.90 Å². The molecule has 5 heteroatoms. The van der Waals surface area contributed by atoms with Crippen molar-refractivity contribution in [3.8, 4) is 0 Å². The van der Waals surface area contributed by atoms with E-state index >= 15 is 0 Å². The summed E-state index contributed by atoms with van der Waals surface area (Å²) >= 11 is 2.18. The molecule has 108 valence electrons. The molecule has 0 radical (unpaired) electrons. The maximum absolute atomic E-state index is 12.8. The Morgan fingerprint density at radius 3 is 2.19 bits per heavy atom. The lowest BCUT2D eigenvalue weighted by molar-refractivity contribution is -0.128. The first-order valence-corrected chi connectivity index (χ1v) is 7.98. The van der Waals surface area contributed by atoms with Gasteiger partial charge in [-0.25, -0.2) is 4.90 Å². The number of anilines is 1. The number of fused-ring (bicyclic) bond motifs is 5. The minimum atomic E-state index is -0.664. The highest BCUT2D eigenvalue weighted by Gasteiger charge is 2.70. The van der Waals surface area contributed by atoms with E-state index in [1.807, 2.05) is 44.2 Å². The quantitative estimate of drug-likeness (QED) is 0.417. The molecule has 2 saturated heterocycles. The van der Waals surface area contributed by atoms with Crippen molar-refractivity contribution in [2.24, 2.45) is 11.8 Å². The van der Waals surface area contributed by atoms with Crippen molar-refractivity contribution >= 4 is 40.1 Å². The molecule has 0 N–H and O–H groups in total. The average molecular weight is 395 g/mol. The number of carbonyl (C=O) groups excluding carboxylic acids is 2. The van der Waals surface area contributed by atoms with Crippen molar-refractivity contribution < 1.29 is 14.3 Å². The second-order valence-electron chi connectivity index (χ2n) is 6.25. The van der Waals surface area contributed by atoms with E-state index in [1.165, 1.54) is 4.90 Å². The van der Waals surface area contributed by atoms with Crippen molar-refractivity contribution in [1.82, 2.24) is 0 Å². The molecule has 4 rings (SSSR count). The molecule has 4 nitrogen and oxygen atoms in total. The molecule has 0 unspecified atom stereocenters. The number of halogens is 1. The Labute approximate surface area is 136 Å². The predicted molar refractivity (Wildman–Crippen MR) is 85.7 cm³/mol. The van der Waals surface area contributed by atoms with Gasteiger partial charge in [0.25, 0.3) is 0 Å². The van der Waals surface area contributed by atoms with Crippen LogP contribution in [0, 0.1) is 15.4 Å². The first-order valence-electron chi connectivity index (χ1n) is 6.90. The third kappa shape index (κ3) is 1.59. The van der Waals surface area contributed by atoms with Crippen LogP contribution in [0.4, 0.5) is 5.69 Å². The maximum atomic E-state index is 12.8. The molecule has 3 aliphatic rings. The van der Waals surface area contributed by atoms with Crippen molar-refractivity contribution in [3.05, 3.63) is 40.0 Å². The van der Waals surface area contributed by atoms with Gasteiger partial charge in [-0.05, 0) is 54.6 Å². The number of benzene rings is 1. The summed E-state index contributed by atoms with van der Waals surface area (Å²) in [6.07, 6.45) is 3.86. The van der Waals surface area contributed by atoms with Crippen LogP contribution in [0.5, 0.6) is 0 Å². The number of nitrogens with zero attached hydrogens (tertiary/aromatic N) is 1. The summed E-state index contributed by atoms with van der Waals surface area (Å²) in [4.78, 5) is 27.0. The number of amides is 2. The molecule has 3 aliphatic heterocycles. The van der Waals surface area contributed by atoms with Crippen LogP contribution in [0.25, 0.3) is 0 Å². The molecule has 4 atom stereocenters. The molecule has 0 spiro atoms. The molecule has 0 saturated carbocycles. The molecular weight excluding hydrogens is 381 g/mol. The van der Waals surface area contributed by atoms with Crippen LogP contribution in [0.3, 0.4) is 0 Å². The van der Waals surface area contributed by atoms with Gasteiger partial charge in [0.15, 0.2) is 0 Å². The summed E-state index contributed by atoms with van der Waals surface area (Å²) < 4.78 is 6.98. The first kappa shape index (κ1) is 13.5. The monoisotopic (exact) mass is 395 g/mol. The Bertz CT molecular complexity index is 679. The molecular formula is C16H14INO3. The number of rotatable bonds is 1. The van der Waals surface area contributed by atoms with E-state index in [9.17, 15) is 9.59 Å². The summed E-state index contributed by atoms with van der Waals surface area (Å²) in [6.45, 7) is 3.78. The molecule has 3 heterocycles. The Morgan fingerprint density at radius 2 is 1.67 bits per heavy atom. The van der Waals surface area contributed by atoms with E-state index < -0.39 is 23.0 Å². The average Bonchev–Trinajstić information content (AvgIpc) is 2.95. The fourth-order valence-electron chi connectivity index (χ4n) is 3.90. The zero-order valence-electron chi connectivity index (χ0n) is 11.7. The number of ether oxygens (including phenoxy) is 1. The molecule has 0 aromatic heterocycles. The molecule has 1 aromatic rings. The van der Waals surface area contributed by atoms with Crippen LogP contribution in [-0.2, 0) is 14.3 Å². The molecule has 2 fully saturated rings. The highest BCUT2D eigenvalue weighted by Crippen LogP contribution is 2.57. The van der Waals surface area contributed by atoms with E-state index in [4.69, 9.17) is 4.74 Å². The molecule has 0 aliphatic carbocycles. The lowest BCUT2D eigenvalue weighted by Gasteiger charge is -2.25. The lowest BCUT2D eigenvalue weighted by Crippen LogP contribution is -2.39. The van der Waals surface area contributed by atoms with Crippen LogP contribution < -0.4 is 4.90 Å². The largest absolute Gasteiger partial charge is 0.359 e.